The number of aromatic nitrogens is 4. The van der Waals surface area contributed by atoms with Crippen LogP contribution in [0.3, 0.4) is 0 Å². The zero-order valence-electron chi connectivity index (χ0n) is 22.3. The van der Waals surface area contributed by atoms with E-state index in [4.69, 9.17) is 26.1 Å². The molecule has 3 aromatic rings. The Hall–Kier alpha value is -3.67. The Kier molecular flexibility index (Phi) is 8.53. The topological polar surface area (TPSA) is 140 Å². The number of halogens is 1. The number of hydrogen-bond acceptors (Lipinski definition) is 9. The molecule has 2 aliphatic heterocycles. The molecule has 2 N–H and O–H groups in total. The Bertz CT molecular complexity index is 1400. The summed E-state index contributed by atoms with van der Waals surface area (Å²) in [7, 11) is 1.49. The van der Waals surface area contributed by atoms with E-state index >= 15 is 0 Å². The highest BCUT2D eigenvalue weighted by atomic mass is 35.5. The largest absolute Gasteiger partial charge is 0.481 e. The first-order valence-corrected chi connectivity index (χ1v) is 13.6. The average molecular weight is 567 g/mol. The maximum Gasteiger partial charge on any atom is 0.256 e. The second kappa shape index (κ2) is 12.2. The number of carbonyl (C=O) groups excluding carboxylic acids is 2. The van der Waals surface area contributed by atoms with Gasteiger partial charge in [-0.3, -0.25) is 14.6 Å². The van der Waals surface area contributed by atoms with Crippen LogP contribution in [0.25, 0.3) is 11.3 Å². The number of methoxy groups -OCH3 is 1. The van der Waals surface area contributed by atoms with Crippen LogP contribution in [0.15, 0.2) is 36.7 Å². The monoisotopic (exact) mass is 566 g/mol. The smallest absolute Gasteiger partial charge is 0.256 e. The van der Waals surface area contributed by atoms with Gasteiger partial charge in [0.25, 0.3) is 5.91 Å². The number of pyridine rings is 2. The van der Waals surface area contributed by atoms with Crippen molar-refractivity contribution in [2.24, 2.45) is 5.92 Å². The molecule has 0 saturated carbocycles. The summed E-state index contributed by atoms with van der Waals surface area (Å²) in [5.41, 5.74) is 2.53. The fraction of sp³-hybridized carbons (Fsp3) is 0.429. The lowest BCUT2D eigenvalue weighted by molar-refractivity contribution is -0.126. The molecule has 2 atom stereocenters. The number of aliphatic hydroxyl groups excluding tert-OH is 1. The molecule has 5 rings (SSSR count). The first-order chi connectivity index (χ1) is 19.4. The van der Waals surface area contributed by atoms with E-state index in [-0.39, 0.29) is 19.1 Å². The van der Waals surface area contributed by atoms with Crippen LogP contribution in [0.4, 0.5) is 0 Å². The third-order valence-electron chi connectivity index (χ3n) is 7.32. The minimum absolute atomic E-state index is 0.177. The van der Waals surface area contributed by atoms with Gasteiger partial charge in [-0.25, -0.2) is 15.0 Å². The maximum atomic E-state index is 13.4. The molecular weight excluding hydrogens is 536 g/mol. The lowest BCUT2D eigenvalue weighted by Crippen LogP contribution is -2.46. The second-order valence-corrected chi connectivity index (χ2v) is 10.3. The maximum absolute atomic E-state index is 13.4. The van der Waals surface area contributed by atoms with Gasteiger partial charge in [0.15, 0.2) is 0 Å². The molecule has 210 valence electrons. The number of carbonyl (C=O) groups is 2. The third-order valence-corrected chi connectivity index (χ3v) is 7.60. The zero-order chi connectivity index (χ0) is 28.2. The Morgan fingerprint density at radius 3 is 2.80 bits per heavy atom. The van der Waals surface area contributed by atoms with Gasteiger partial charge in [0.1, 0.15) is 11.9 Å². The van der Waals surface area contributed by atoms with Crippen molar-refractivity contribution in [3.05, 3.63) is 64.5 Å². The van der Waals surface area contributed by atoms with E-state index in [9.17, 15) is 14.7 Å². The number of nitrogens with one attached hydrogen (secondary N) is 1. The first-order valence-electron chi connectivity index (χ1n) is 13.2. The van der Waals surface area contributed by atoms with E-state index in [1.165, 1.54) is 12.0 Å². The molecule has 11 nitrogen and oxygen atoms in total. The molecule has 2 aliphatic rings. The lowest BCUT2D eigenvalue weighted by atomic mass is 9.96. The quantitative estimate of drug-likeness (QED) is 0.400. The van der Waals surface area contributed by atoms with Crippen molar-refractivity contribution in [3.63, 3.8) is 0 Å². The molecule has 12 heteroatoms. The summed E-state index contributed by atoms with van der Waals surface area (Å²) in [6.07, 6.45) is 5.88. The van der Waals surface area contributed by atoms with E-state index in [0.717, 1.165) is 32.5 Å². The fourth-order valence-electron chi connectivity index (χ4n) is 4.93. The van der Waals surface area contributed by atoms with E-state index in [1.807, 2.05) is 0 Å². The van der Waals surface area contributed by atoms with E-state index < -0.39 is 18.0 Å². The molecule has 2 amide bonds. The van der Waals surface area contributed by atoms with Crippen LogP contribution in [0.2, 0.25) is 5.02 Å². The van der Waals surface area contributed by atoms with Crippen molar-refractivity contribution >= 4 is 23.4 Å². The van der Waals surface area contributed by atoms with E-state index in [2.05, 4.69) is 20.3 Å². The molecule has 0 spiro atoms. The van der Waals surface area contributed by atoms with Gasteiger partial charge in [-0.1, -0.05) is 17.7 Å². The van der Waals surface area contributed by atoms with Crippen LogP contribution >= 0.6 is 11.6 Å². The predicted molar refractivity (Wildman–Crippen MR) is 146 cm³/mol. The first kappa shape index (κ1) is 27.9. The van der Waals surface area contributed by atoms with Crippen LogP contribution in [-0.4, -0.2) is 74.7 Å². The number of nitrogens with zero attached hydrogens (tertiary/aromatic N) is 5. The highest BCUT2D eigenvalue weighted by molar-refractivity contribution is 6.32. The second-order valence-electron chi connectivity index (χ2n) is 9.92. The van der Waals surface area contributed by atoms with Gasteiger partial charge >= 0.3 is 0 Å². The van der Waals surface area contributed by atoms with Crippen molar-refractivity contribution in [2.75, 3.05) is 26.9 Å². The number of fused-ring (bicyclic) bond motifs is 1. The van der Waals surface area contributed by atoms with Crippen LogP contribution in [0, 0.1) is 5.92 Å². The van der Waals surface area contributed by atoms with Gasteiger partial charge in [0, 0.05) is 43.7 Å². The number of ether oxygens (including phenoxy) is 2. The Morgan fingerprint density at radius 1 is 1.25 bits per heavy atom. The van der Waals surface area contributed by atoms with Crippen molar-refractivity contribution in [2.45, 2.75) is 44.8 Å². The molecule has 0 radical (unpaired) electrons. The van der Waals surface area contributed by atoms with Crippen molar-refractivity contribution < 1.29 is 24.2 Å². The van der Waals surface area contributed by atoms with Gasteiger partial charge in [-0.05, 0) is 37.8 Å². The third kappa shape index (κ3) is 5.91. The Labute approximate surface area is 236 Å². The number of hydrogen-bond donors (Lipinski definition) is 2. The van der Waals surface area contributed by atoms with E-state index in [1.54, 1.807) is 43.6 Å². The van der Waals surface area contributed by atoms with E-state index in [0.29, 0.717) is 50.9 Å². The summed E-state index contributed by atoms with van der Waals surface area (Å²) in [4.78, 5) is 45.9. The minimum atomic E-state index is -0.821. The molecule has 1 fully saturated rings. The molecule has 3 aromatic heterocycles. The Morgan fingerprint density at radius 2 is 2.05 bits per heavy atom. The van der Waals surface area contributed by atoms with Gasteiger partial charge in [0.05, 0.1) is 54.0 Å². The SMILES string of the molecule is COc1cccc([C@@H](CO)NC(=O)[C@@H](C)N2Cc3ncc(-c4nc(CC5CCOCC5)ncc4Cl)cc3C2=O)n1. The minimum Gasteiger partial charge on any atom is -0.481 e. The summed E-state index contributed by atoms with van der Waals surface area (Å²) in [6, 6.07) is 5.22. The lowest BCUT2D eigenvalue weighted by Gasteiger charge is -2.25. The normalized spacial score (nSPS) is 16.9. The average Bonchev–Trinajstić information content (AvgIpc) is 3.32. The van der Waals surface area contributed by atoms with Gasteiger partial charge < -0.3 is 24.8 Å². The molecule has 40 heavy (non-hydrogen) atoms. The molecule has 5 heterocycles. The summed E-state index contributed by atoms with van der Waals surface area (Å²) >= 11 is 6.46. The van der Waals surface area contributed by atoms with Crippen LogP contribution in [-0.2, 0) is 22.5 Å². The summed E-state index contributed by atoms with van der Waals surface area (Å²) < 4.78 is 10.6. The van der Waals surface area contributed by atoms with Crippen LogP contribution < -0.4 is 10.1 Å². The zero-order valence-corrected chi connectivity index (χ0v) is 23.1. The molecule has 1 saturated heterocycles. The summed E-state index contributed by atoms with van der Waals surface area (Å²) in [5, 5.41) is 13.0. The summed E-state index contributed by atoms with van der Waals surface area (Å²) in [6.45, 7) is 2.93. The highest BCUT2D eigenvalue weighted by Crippen LogP contribution is 2.31. The number of rotatable bonds is 9. The standard InChI is InChI=1S/C28H31ClN6O5/c1-16(27(37)33-23(15-36)21-4-3-5-25(32-21)39-2)35-14-22-19(28(35)38)11-18(12-30-22)26-20(29)13-31-24(34-26)10-17-6-8-40-9-7-17/h3-5,11-13,16-17,23,36H,6-10,14-15H2,1-2H3,(H,33,37)/t16-,23-/m1/s1. The van der Waals surface area contributed by atoms with Gasteiger partial charge in [0.2, 0.25) is 11.8 Å². The highest BCUT2D eigenvalue weighted by Gasteiger charge is 2.36. The fourth-order valence-corrected chi connectivity index (χ4v) is 5.13. The molecule has 0 aliphatic carbocycles. The molecule has 0 bridgehead atoms. The van der Waals surface area contributed by atoms with Crippen molar-refractivity contribution in [1.29, 1.82) is 0 Å². The molecule has 0 aromatic carbocycles. The van der Waals surface area contributed by atoms with Crippen molar-refractivity contribution in [1.82, 2.24) is 30.2 Å². The van der Waals surface area contributed by atoms with Crippen molar-refractivity contribution in [3.8, 4) is 17.1 Å². The predicted octanol–water partition coefficient (Wildman–Crippen LogP) is 2.76. The number of amides is 2. The Balaban J connectivity index is 1.30. The number of aliphatic hydroxyl groups is 1. The van der Waals surface area contributed by atoms with Gasteiger partial charge in [-0.15, -0.1) is 0 Å². The van der Waals surface area contributed by atoms with Crippen LogP contribution in [0.1, 0.15) is 53.4 Å². The van der Waals surface area contributed by atoms with Gasteiger partial charge in [-0.2, -0.15) is 0 Å². The molecular formula is C28H31ClN6O5. The summed E-state index contributed by atoms with van der Waals surface area (Å²) in [5.74, 6) is 0.758. The molecule has 0 unspecified atom stereocenters. The van der Waals surface area contributed by atoms with Crippen LogP contribution in [0.5, 0.6) is 5.88 Å².